The summed E-state index contributed by atoms with van der Waals surface area (Å²) in [4.78, 5) is 27.0. The van der Waals surface area contributed by atoms with E-state index in [2.05, 4.69) is 15.5 Å². The third kappa shape index (κ3) is 4.16. The summed E-state index contributed by atoms with van der Waals surface area (Å²) in [5, 5.41) is 12.1. The van der Waals surface area contributed by atoms with Crippen molar-refractivity contribution < 1.29 is 22.4 Å². The maximum Gasteiger partial charge on any atom is 0.322 e. The van der Waals surface area contributed by atoms with E-state index in [1.807, 2.05) is 30.3 Å². The van der Waals surface area contributed by atoms with Crippen LogP contribution >= 0.6 is 11.3 Å². The van der Waals surface area contributed by atoms with Gasteiger partial charge in [-0.1, -0.05) is 29.4 Å². The summed E-state index contributed by atoms with van der Waals surface area (Å²) in [5.74, 6) is -0.601. The van der Waals surface area contributed by atoms with Gasteiger partial charge in [0.25, 0.3) is 10.0 Å². The molecule has 2 fully saturated rings. The highest BCUT2D eigenvalue weighted by atomic mass is 32.2. The third-order valence-corrected chi connectivity index (χ3v) is 9.06. The molecule has 1 aromatic carbocycles. The lowest BCUT2D eigenvalue weighted by atomic mass is 10.1. The number of aromatic nitrogens is 2. The highest BCUT2D eigenvalue weighted by molar-refractivity contribution is 7.91. The van der Waals surface area contributed by atoms with Gasteiger partial charge in [0.2, 0.25) is 17.7 Å². The van der Waals surface area contributed by atoms with Gasteiger partial charge in [0.15, 0.2) is 0 Å². The van der Waals surface area contributed by atoms with Crippen molar-refractivity contribution in [1.29, 1.82) is 0 Å². The number of carbonyl (C=O) groups is 2. The summed E-state index contributed by atoms with van der Waals surface area (Å²) >= 11 is 1.12. The lowest BCUT2D eigenvalue weighted by Gasteiger charge is -2.21. The Kier molecular flexibility index (Phi) is 5.72. The molecule has 2 aliphatic rings. The van der Waals surface area contributed by atoms with Crippen LogP contribution in [0.3, 0.4) is 0 Å². The number of carbonyl (C=O) groups excluding carboxylic acids is 2. The molecule has 0 radical (unpaired) electrons. The fraction of sp³-hybridized carbons (Fsp3) is 0.333. The van der Waals surface area contributed by atoms with Crippen LogP contribution in [0.15, 0.2) is 56.5 Å². The van der Waals surface area contributed by atoms with Crippen LogP contribution < -0.4 is 10.2 Å². The second kappa shape index (κ2) is 8.69. The summed E-state index contributed by atoms with van der Waals surface area (Å²) in [6, 6.07) is 11.5. The molecule has 0 bridgehead atoms. The standard InChI is InChI=1S/C21H21N5O5S2/c27-17-12-14(13-25(17)15-6-2-1-3-7-15)20-23-24-21(31-20)22-19(28)16-8-4-10-26(16)33(29,30)18-9-5-11-32-18/h1-3,5-7,9,11,14,16H,4,8,10,12-13H2,(H,22,24,28)/t14-,16-/m0/s1. The zero-order chi connectivity index (χ0) is 23.0. The molecule has 3 aromatic rings. The number of thiophene rings is 1. The second-order valence-electron chi connectivity index (χ2n) is 7.88. The first-order chi connectivity index (χ1) is 15.9. The summed E-state index contributed by atoms with van der Waals surface area (Å²) in [5.41, 5.74) is 0.798. The number of anilines is 2. The first-order valence-corrected chi connectivity index (χ1v) is 12.8. The molecule has 12 heteroatoms. The van der Waals surface area contributed by atoms with Gasteiger partial charge >= 0.3 is 6.01 Å². The Bertz CT molecular complexity index is 1260. The zero-order valence-corrected chi connectivity index (χ0v) is 19.1. The average Bonchev–Trinajstić information content (AvgIpc) is 3.61. The van der Waals surface area contributed by atoms with E-state index >= 15 is 0 Å². The number of hydrogen-bond acceptors (Lipinski definition) is 8. The van der Waals surface area contributed by atoms with Gasteiger partial charge in [0.05, 0.1) is 5.92 Å². The van der Waals surface area contributed by atoms with Crippen molar-refractivity contribution in [2.45, 2.75) is 35.4 Å². The van der Waals surface area contributed by atoms with Crippen LogP contribution in [0.2, 0.25) is 0 Å². The number of nitrogens with zero attached hydrogens (tertiary/aromatic N) is 4. The van der Waals surface area contributed by atoms with Gasteiger partial charge in [0, 0.05) is 25.2 Å². The van der Waals surface area contributed by atoms with E-state index in [0.717, 1.165) is 17.0 Å². The highest BCUT2D eigenvalue weighted by Crippen LogP contribution is 2.32. The van der Waals surface area contributed by atoms with Crippen molar-refractivity contribution in [3.05, 3.63) is 53.7 Å². The van der Waals surface area contributed by atoms with Crippen molar-refractivity contribution in [3.8, 4) is 0 Å². The fourth-order valence-corrected chi connectivity index (χ4v) is 6.96. The molecule has 2 saturated heterocycles. The van der Waals surface area contributed by atoms with Crippen LogP contribution in [0.5, 0.6) is 0 Å². The monoisotopic (exact) mass is 487 g/mol. The van der Waals surface area contributed by atoms with E-state index in [-0.39, 0.29) is 40.9 Å². The van der Waals surface area contributed by atoms with Crippen LogP contribution in [0.25, 0.3) is 0 Å². The number of hydrogen-bond donors (Lipinski definition) is 1. The topological polar surface area (TPSA) is 126 Å². The van der Waals surface area contributed by atoms with E-state index in [0.29, 0.717) is 19.4 Å². The SMILES string of the molecule is O=C(Nc1nnc([C@H]2CC(=O)N(c3ccccc3)C2)o1)[C@@H]1CCCN1S(=O)(=O)c1cccs1. The predicted molar refractivity (Wildman–Crippen MR) is 120 cm³/mol. The molecule has 172 valence electrons. The fourth-order valence-electron chi connectivity index (χ4n) is 4.18. The Morgan fingerprint density at radius 3 is 2.73 bits per heavy atom. The van der Waals surface area contributed by atoms with E-state index in [9.17, 15) is 18.0 Å². The first kappa shape index (κ1) is 21.7. The van der Waals surface area contributed by atoms with Crippen LogP contribution in [-0.4, -0.2) is 53.9 Å². The van der Waals surface area contributed by atoms with E-state index in [4.69, 9.17) is 4.42 Å². The second-order valence-corrected chi connectivity index (χ2v) is 10.9. The molecular weight excluding hydrogens is 466 g/mol. The number of benzene rings is 1. The van der Waals surface area contributed by atoms with Crippen molar-refractivity contribution in [1.82, 2.24) is 14.5 Å². The molecule has 2 aliphatic heterocycles. The Hall–Kier alpha value is -3.09. The first-order valence-electron chi connectivity index (χ1n) is 10.5. The number of nitrogens with one attached hydrogen (secondary N) is 1. The number of para-hydroxylation sites is 1. The molecule has 0 saturated carbocycles. The van der Waals surface area contributed by atoms with Gasteiger partial charge in [-0.05, 0) is 36.4 Å². The van der Waals surface area contributed by atoms with Crippen LogP contribution in [0.4, 0.5) is 11.7 Å². The molecule has 4 heterocycles. The minimum absolute atomic E-state index is 0.0460. The largest absolute Gasteiger partial charge is 0.407 e. The maximum absolute atomic E-state index is 12.9. The number of amides is 2. The van der Waals surface area contributed by atoms with Crippen molar-refractivity contribution >= 4 is 44.9 Å². The summed E-state index contributed by atoms with van der Waals surface area (Å²) in [6.07, 6.45) is 1.21. The predicted octanol–water partition coefficient (Wildman–Crippen LogP) is 2.44. The zero-order valence-electron chi connectivity index (χ0n) is 17.5. The lowest BCUT2D eigenvalue weighted by molar-refractivity contribution is -0.119. The van der Waals surface area contributed by atoms with E-state index < -0.39 is 22.0 Å². The highest BCUT2D eigenvalue weighted by Gasteiger charge is 2.40. The Morgan fingerprint density at radius 1 is 1.15 bits per heavy atom. The molecule has 33 heavy (non-hydrogen) atoms. The molecular formula is C21H21N5O5S2. The average molecular weight is 488 g/mol. The molecule has 0 spiro atoms. The molecule has 10 nitrogen and oxygen atoms in total. The Balaban J connectivity index is 1.26. The molecule has 2 aromatic heterocycles. The van der Waals surface area contributed by atoms with Crippen molar-refractivity contribution in [3.63, 3.8) is 0 Å². The minimum Gasteiger partial charge on any atom is -0.407 e. The molecule has 1 N–H and O–H groups in total. The van der Waals surface area contributed by atoms with E-state index in [1.165, 1.54) is 10.4 Å². The van der Waals surface area contributed by atoms with Crippen molar-refractivity contribution in [2.75, 3.05) is 23.3 Å². The van der Waals surface area contributed by atoms with Crippen LogP contribution in [0, 0.1) is 0 Å². The Labute approximate surface area is 194 Å². The van der Waals surface area contributed by atoms with Gasteiger partial charge in [-0.3, -0.25) is 14.9 Å². The Morgan fingerprint density at radius 2 is 1.97 bits per heavy atom. The molecule has 5 rings (SSSR count). The van der Waals surface area contributed by atoms with Gasteiger partial charge in [0.1, 0.15) is 10.3 Å². The molecule has 0 unspecified atom stereocenters. The summed E-state index contributed by atoms with van der Waals surface area (Å²) in [7, 11) is -3.75. The minimum atomic E-state index is -3.75. The van der Waals surface area contributed by atoms with Gasteiger partial charge in [-0.15, -0.1) is 16.4 Å². The van der Waals surface area contributed by atoms with Gasteiger partial charge in [-0.25, -0.2) is 8.42 Å². The van der Waals surface area contributed by atoms with E-state index in [1.54, 1.807) is 16.3 Å². The quantitative estimate of drug-likeness (QED) is 0.566. The molecule has 0 aliphatic carbocycles. The summed E-state index contributed by atoms with van der Waals surface area (Å²) < 4.78 is 32.8. The molecule has 2 amide bonds. The normalized spacial score (nSPS) is 21.6. The smallest absolute Gasteiger partial charge is 0.322 e. The molecule has 2 atom stereocenters. The van der Waals surface area contributed by atoms with Crippen LogP contribution in [0.1, 0.15) is 31.1 Å². The van der Waals surface area contributed by atoms with Crippen LogP contribution in [-0.2, 0) is 19.6 Å². The number of sulfonamides is 1. The maximum atomic E-state index is 12.9. The number of rotatable bonds is 6. The van der Waals surface area contributed by atoms with Gasteiger partial charge in [-0.2, -0.15) is 4.31 Å². The summed E-state index contributed by atoms with van der Waals surface area (Å²) in [6.45, 7) is 0.667. The third-order valence-electron chi connectivity index (χ3n) is 5.78. The van der Waals surface area contributed by atoms with Crippen molar-refractivity contribution in [2.24, 2.45) is 0 Å². The lowest BCUT2D eigenvalue weighted by Crippen LogP contribution is -2.42. The van der Waals surface area contributed by atoms with Gasteiger partial charge < -0.3 is 9.32 Å².